The maximum absolute atomic E-state index is 12.9. The number of barbiturate groups is 1. The van der Waals surface area contributed by atoms with Crippen LogP contribution in [0.25, 0.3) is 6.08 Å². The summed E-state index contributed by atoms with van der Waals surface area (Å²) in [5.74, 6) is -0.282. The molecule has 0 atom stereocenters. The second-order valence-corrected chi connectivity index (χ2v) is 7.10. The summed E-state index contributed by atoms with van der Waals surface area (Å²) in [4.78, 5) is 40.6. The third kappa shape index (κ3) is 3.19. The van der Waals surface area contributed by atoms with Gasteiger partial charge in [0.15, 0.2) is 5.88 Å². The molecule has 1 N–H and O–H groups in total. The number of rotatable bonds is 3. The number of imide groups is 2. The molecule has 7 nitrogen and oxygen atoms in total. The van der Waals surface area contributed by atoms with Crippen molar-refractivity contribution in [3.63, 3.8) is 0 Å². The molecule has 0 spiro atoms. The Kier molecular flexibility index (Phi) is 4.50. The summed E-state index contributed by atoms with van der Waals surface area (Å²) in [5.41, 5.74) is 2.27. The molecule has 0 unspecified atom stereocenters. The summed E-state index contributed by atoms with van der Waals surface area (Å²) in [7, 11) is 0. The number of aryl methyl sites for hydroxylation is 2. The van der Waals surface area contributed by atoms with E-state index in [1.54, 1.807) is 18.2 Å². The third-order valence-electron chi connectivity index (χ3n) is 5.17. The Labute approximate surface area is 162 Å². The van der Waals surface area contributed by atoms with Crippen molar-refractivity contribution >= 4 is 35.5 Å². The molecule has 2 saturated heterocycles. The van der Waals surface area contributed by atoms with Gasteiger partial charge < -0.3 is 9.32 Å². The van der Waals surface area contributed by atoms with Gasteiger partial charge in [0.1, 0.15) is 11.3 Å². The minimum Gasteiger partial charge on any atom is -0.441 e. The third-order valence-corrected chi connectivity index (χ3v) is 5.17. The SMILES string of the molecule is Cc1ccc(N2C(=O)NC(=O)C(=Cc3ccc(N4CCCC4)o3)C2=O)cc1C. The molecule has 144 valence electrons. The number of benzene rings is 1. The number of carbonyl (C=O) groups excluding carboxylic acids is 3. The predicted octanol–water partition coefficient (Wildman–Crippen LogP) is 3.16. The van der Waals surface area contributed by atoms with Gasteiger partial charge in [-0.2, -0.15) is 0 Å². The van der Waals surface area contributed by atoms with Crippen LogP contribution in [0.3, 0.4) is 0 Å². The topological polar surface area (TPSA) is 82.9 Å². The normalized spacial score (nSPS) is 18.9. The van der Waals surface area contributed by atoms with Crippen LogP contribution in [0.1, 0.15) is 29.7 Å². The molecule has 2 aliphatic heterocycles. The van der Waals surface area contributed by atoms with Crippen molar-refractivity contribution < 1.29 is 18.8 Å². The summed E-state index contributed by atoms with van der Waals surface area (Å²) < 4.78 is 5.78. The Balaban J connectivity index is 1.65. The lowest BCUT2D eigenvalue weighted by Gasteiger charge is -2.26. The molecule has 0 radical (unpaired) electrons. The van der Waals surface area contributed by atoms with Crippen molar-refractivity contribution in [2.45, 2.75) is 26.7 Å². The molecule has 2 fully saturated rings. The Morgan fingerprint density at radius 3 is 2.46 bits per heavy atom. The van der Waals surface area contributed by atoms with Crippen LogP contribution >= 0.6 is 0 Å². The number of nitrogens with zero attached hydrogens (tertiary/aromatic N) is 2. The minimum absolute atomic E-state index is 0.139. The van der Waals surface area contributed by atoms with Gasteiger partial charge in [-0.05, 0) is 62.1 Å². The molecule has 3 heterocycles. The van der Waals surface area contributed by atoms with E-state index in [0.29, 0.717) is 11.4 Å². The molecule has 1 aromatic heterocycles. The van der Waals surface area contributed by atoms with Crippen LogP contribution in [0.2, 0.25) is 0 Å². The first-order chi connectivity index (χ1) is 13.4. The Morgan fingerprint density at radius 1 is 1.00 bits per heavy atom. The lowest BCUT2D eigenvalue weighted by atomic mass is 10.1. The Bertz CT molecular complexity index is 999. The van der Waals surface area contributed by atoms with Crippen molar-refractivity contribution in [3.8, 4) is 0 Å². The second kappa shape index (κ2) is 6.99. The molecule has 2 aromatic rings. The van der Waals surface area contributed by atoms with Gasteiger partial charge in [0.05, 0.1) is 5.69 Å². The number of hydrogen-bond acceptors (Lipinski definition) is 5. The highest BCUT2D eigenvalue weighted by molar-refractivity contribution is 6.39. The monoisotopic (exact) mass is 379 g/mol. The number of nitrogens with one attached hydrogen (secondary N) is 1. The zero-order valence-corrected chi connectivity index (χ0v) is 15.8. The van der Waals surface area contributed by atoms with Gasteiger partial charge in [-0.1, -0.05) is 6.07 Å². The second-order valence-electron chi connectivity index (χ2n) is 7.10. The molecule has 28 heavy (non-hydrogen) atoms. The first-order valence-electron chi connectivity index (χ1n) is 9.27. The van der Waals surface area contributed by atoms with E-state index in [-0.39, 0.29) is 5.57 Å². The number of urea groups is 1. The maximum atomic E-state index is 12.9. The number of hydrogen-bond donors (Lipinski definition) is 1. The van der Waals surface area contributed by atoms with Gasteiger partial charge in [0.25, 0.3) is 11.8 Å². The fourth-order valence-electron chi connectivity index (χ4n) is 3.43. The minimum atomic E-state index is -0.757. The molecular formula is C21H21N3O4. The summed E-state index contributed by atoms with van der Waals surface area (Å²) in [6.45, 7) is 5.70. The number of anilines is 2. The van der Waals surface area contributed by atoms with Crippen LogP contribution in [-0.4, -0.2) is 30.9 Å². The summed E-state index contributed by atoms with van der Waals surface area (Å²) in [6, 6.07) is 8.06. The quantitative estimate of drug-likeness (QED) is 0.654. The van der Waals surface area contributed by atoms with Crippen molar-refractivity contribution in [2.75, 3.05) is 22.9 Å². The van der Waals surface area contributed by atoms with Crippen LogP contribution < -0.4 is 15.1 Å². The largest absolute Gasteiger partial charge is 0.441 e. The molecule has 0 bridgehead atoms. The highest BCUT2D eigenvalue weighted by Crippen LogP contribution is 2.27. The zero-order chi connectivity index (χ0) is 19.8. The molecule has 0 aliphatic carbocycles. The van der Waals surface area contributed by atoms with E-state index in [1.807, 2.05) is 26.0 Å². The summed E-state index contributed by atoms with van der Waals surface area (Å²) in [5, 5.41) is 2.23. The fraction of sp³-hybridized carbons (Fsp3) is 0.286. The average Bonchev–Trinajstić information content (AvgIpc) is 3.33. The van der Waals surface area contributed by atoms with Gasteiger partial charge in [-0.15, -0.1) is 0 Å². The zero-order valence-electron chi connectivity index (χ0n) is 15.8. The van der Waals surface area contributed by atoms with E-state index in [2.05, 4.69) is 10.2 Å². The highest BCUT2D eigenvalue weighted by atomic mass is 16.4. The van der Waals surface area contributed by atoms with E-state index >= 15 is 0 Å². The summed E-state index contributed by atoms with van der Waals surface area (Å²) >= 11 is 0. The van der Waals surface area contributed by atoms with Gasteiger partial charge in [-0.3, -0.25) is 14.9 Å². The van der Waals surface area contributed by atoms with E-state index in [1.165, 1.54) is 6.08 Å². The first-order valence-corrected chi connectivity index (χ1v) is 9.27. The lowest BCUT2D eigenvalue weighted by molar-refractivity contribution is -0.122. The average molecular weight is 379 g/mol. The van der Waals surface area contributed by atoms with Crippen molar-refractivity contribution in [3.05, 3.63) is 52.8 Å². The molecule has 4 amide bonds. The van der Waals surface area contributed by atoms with Gasteiger partial charge >= 0.3 is 6.03 Å². The highest BCUT2D eigenvalue weighted by Gasteiger charge is 2.37. The predicted molar refractivity (Wildman–Crippen MR) is 105 cm³/mol. The first kappa shape index (κ1) is 18.0. The lowest BCUT2D eigenvalue weighted by Crippen LogP contribution is -2.54. The number of furan rings is 1. The Hall–Kier alpha value is -3.35. The standard InChI is InChI=1S/C21H21N3O4/c1-13-5-6-15(11-14(13)2)24-20(26)17(19(25)22-21(24)27)12-16-7-8-18(28-16)23-9-3-4-10-23/h5-8,11-12H,3-4,9-10H2,1-2H3,(H,22,25,27). The Morgan fingerprint density at radius 2 is 1.75 bits per heavy atom. The van der Waals surface area contributed by atoms with Crippen LogP contribution in [0.4, 0.5) is 16.4 Å². The van der Waals surface area contributed by atoms with E-state index < -0.39 is 17.8 Å². The summed E-state index contributed by atoms with van der Waals surface area (Å²) in [6.07, 6.45) is 3.62. The molecule has 0 saturated carbocycles. The van der Waals surface area contributed by atoms with E-state index in [9.17, 15) is 14.4 Å². The van der Waals surface area contributed by atoms with Crippen LogP contribution in [0.15, 0.2) is 40.3 Å². The van der Waals surface area contributed by atoms with Crippen LogP contribution in [-0.2, 0) is 9.59 Å². The number of amides is 4. The fourth-order valence-corrected chi connectivity index (χ4v) is 3.43. The maximum Gasteiger partial charge on any atom is 0.335 e. The molecule has 7 heteroatoms. The molecular weight excluding hydrogens is 358 g/mol. The molecule has 1 aromatic carbocycles. The molecule has 4 rings (SSSR count). The van der Waals surface area contributed by atoms with Crippen LogP contribution in [0.5, 0.6) is 0 Å². The van der Waals surface area contributed by atoms with E-state index in [0.717, 1.165) is 47.8 Å². The van der Waals surface area contributed by atoms with Gasteiger partial charge in [0, 0.05) is 19.2 Å². The molecule has 2 aliphatic rings. The van der Waals surface area contributed by atoms with Crippen molar-refractivity contribution in [1.82, 2.24) is 5.32 Å². The van der Waals surface area contributed by atoms with Gasteiger partial charge in [-0.25, -0.2) is 9.69 Å². The van der Waals surface area contributed by atoms with Gasteiger partial charge in [0.2, 0.25) is 0 Å². The van der Waals surface area contributed by atoms with Crippen molar-refractivity contribution in [2.24, 2.45) is 0 Å². The van der Waals surface area contributed by atoms with E-state index in [4.69, 9.17) is 4.42 Å². The van der Waals surface area contributed by atoms with Crippen LogP contribution in [0, 0.1) is 13.8 Å². The number of carbonyl (C=O) groups is 3. The smallest absolute Gasteiger partial charge is 0.335 e. The van der Waals surface area contributed by atoms with Crippen molar-refractivity contribution in [1.29, 1.82) is 0 Å².